The summed E-state index contributed by atoms with van der Waals surface area (Å²) in [5.41, 5.74) is 1.97. The first kappa shape index (κ1) is 20.3. The van der Waals surface area contributed by atoms with Crippen LogP contribution < -0.4 is 20.1 Å². The van der Waals surface area contributed by atoms with Crippen LogP contribution in [0.2, 0.25) is 10.0 Å². The molecular weight excluding hydrogens is 383 g/mol. The van der Waals surface area contributed by atoms with Gasteiger partial charge in [0.05, 0.1) is 7.11 Å². The lowest BCUT2D eigenvalue weighted by atomic mass is 9.98. The van der Waals surface area contributed by atoms with E-state index in [1.165, 1.54) is 12.8 Å². The summed E-state index contributed by atoms with van der Waals surface area (Å²) in [6.45, 7) is 4.34. The van der Waals surface area contributed by atoms with Crippen molar-refractivity contribution < 1.29 is 9.47 Å². The Hall–Kier alpha value is -1.46. The van der Waals surface area contributed by atoms with Crippen molar-refractivity contribution in [1.29, 1.82) is 0 Å². The van der Waals surface area contributed by atoms with Gasteiger partial charge in [0.25, 0.3) is 0 Å². The molecule has 2 aromatic carbocycles. The molecule has 4 nitrogen and oxygen atoms in total. The van der Waals surface area contributed by atoms with E-state index in [-0.39, 0.29) is 0 Å². The van der Waals surface area contributed by atoms with E-state index >= 15 is 0 Å². The van der Waals surface area contributed by atoms with E-state index in [0.717, 1.165) is 54.7 Å². The SMILES string of the molecule is COc1cccc(CNCC2CCNCC2)c1OCc1ccc(Cl)cc1Cl. The first-order valence-corrected chi connectivity index (χ1v) is 10.1. The molecule has 0 unspecified atom stereocenters. The lowest BCUT2D eigenvalue weighted by Crippen LogP contribution is -2.33. The molecule has 3 rings (SSSR count). The van der Waals surface area contributed by atoms with Crippen LogP contribution in [0, 0.1) is 5.92 Å². The summed E-state index contributed by atoms with van der Waals surface area (Å²) in [7, 11) is 1.66. The normalized spacial score (nSPS) is 14.9. The lowest BCUT2D eigenvalue weighted by Gasteiger charge is -2.23. The van der Waals surface area contributed by atoms with Crippen LogP contribution in [-0.2, 0) is 13.2 Å². The second kappa shape index (κ2) is 10.2. The lowest BCUT2D eigenvalue weighted by molar-refractivity contribution is 0.280. The van der Waals surface area contributed by atoms with Crippen LogP contribution in [0.4, 0.5) is 0 Å². The predicted molar refractivity (Wildman–Crippen MR) is 111 cm³/mol. The van der Waals surface area contributed by atoms with Crippen LogP contribution in [-0.4, -0.2) is 26.7 Å². The summed E-state index contributed by atoms with van der Waals surface area (Å²) in [4.78, 5) is 0. The number of nitrogens with one attached hydrogen (secondary N) is 2. The quantitative estimate of drug-likeness (QED) is 0.665. The molecule has 0 saturated carbocycles. The number of hydrogen-bond acceptors (Lipinski definition) is 4. The van der Waals surface area contributed by atoms with Gasteiger partial charge in [-0.15, -0.1) is 0 Å². The summed E-state index contributed by atoms with van der Waals surface area (Å²) >= 11 is 12.2. The molecule has 2 aromatic rings. The molecule has 0 atom stereocenters. The number of benzene rings is 2. The molecule has 0 bridgehead atoms. The molecule has 6 heteroatoms. The van der Waals surface area contributed by atoms with Gasteiger partial charge in [0.15, 0.2) is 11.5 Å². The number of ether oxygens (including phenoxy) is 2. The molecular formula is C21H26Cl2N2O2. The van der Waals surface area contributed by atoms with Gasteiger partial charge in [-0.05, 0) is 56.6 Å². The third-order valence-corrected chi connectivity index (χ3v) is 5.46. The molecule has 27 heavy (non-hydrogen) atoms. The zero-order chi connectivity index (χ0) is 19.1. The van der Waals surface area contributed by atoms with Crippen LogP contribution in [0.1, 0.15) is 24.0 Å². The average molecular weight is 409 g/mol. The number of rotatable bonds is 8. The minimum Gasteiger partial charge on any atom is -0.493 e. The van der Waals surface area contributed by atoms with Crippen LogP contribution in [0.15, 0.2) is 36.4 Å². The predicted octanol–water partition coefficient (Wildman–Crippen LogP) is 4.67. The van der Waals surface area contributed by atoms with Crippen LogP contribution in [0.3, 0.4) is 0 Å². The largest absolute Gasteiger partial charge is 0.493 e. The van der Waals surface area contributed by atoms with E-state index in [2.05, 4.69) is 16.7 Å². The Bertz CT molecular complexity index is 749. The monoisotopic (exact) mass is 408 g/mol. The van der Waals surface area contributed by atoms with Crippen molar-refractivity contribution in [3.05, 3.63) is 57.6 Å². The zero-order valence-electron chi connectivity index (χ0n) is 15.6. The molecule has 0 aromatic heterocycles. The summed E-state index contributed by atoms with van der Waals surface area (Å²) < 4.78 is 11.6. The van der Waals surface area contributed by atoms with Gasteiger partial charge < -0.3 is 20.1 Å². The van der Waals surface area contributed by atoms with E-state index in [1.54, 1.807) is 13.2 Å². The van der Waals surface area contributed by atoms with Gasteiger partial charge in [-0.3, -0.25) is 0 Å². The number of halogens is 2. The van der Waals surface area contributed by atoms with Crippen LogP contribution in [0.25, 0.3) is 0 Å². The van der Waals surface area contributed by atoms with E-state index in [0.29, 0.717) is 16.7 Å². The highest BCUT2D eigenvalue weighted by Gasteiger charge is 2.15. The van der Waals surface area contributed by atoms with Crippen molar-refractivity contribution in [2.24, 2.45) is 5.92 Å². The Morgan fingerprint density at radius 1 is 1.11 bits per heavy atom. The van der Waals surface area contributed by atoms with Crippen molar-refractivity contribution in [1.82, 2.24) is 10.6 Å². The fourth-order valence-corrected chi connectivity index (χ4v) is 3.77. The van der Waals surface area contributed by atoms with Gasteiger partial charge in [-0.25, -0.2) is 0 Å². The van der Waals surface area contributed by atoms with Crippen molar-refractivity contribution >= 4 is 23.2 Å². The van der Waals surface area contributed by atoms with Gasteiger partial charge in [0, 0.05) is 27.7 Å². The second-order valence-corrected chi connectivity index (χ2v) is 7.64. The third-order valence-electron chi connectivity index (χ3n) is 4.87. The van der Waals surface area contributed by atoms with Gasteiger partial charge in [-0.1, -0.05) is 41.4 Å². The van der Waals surface area contributed by atoms with Gasteiger partial charge in [0.2, 0.25) is 0 Å². The Morgan fingerprint density at radius 3 is 2.67 bits per heavy atom. The number of hydrogen-bond donors (Lipinski definition) is 2. The minimum atomic E-state index is 0.359. The Labute approximate surface area is 171 Å². The smallest absolute Gasteiger partial charge is 0.166 e. The summed E-state index contributed by atoms with van der Waals surface area (Å²) in [6, 6.07) is 11.4. The first-order valence-electron chi connectivity index (χ1n) is 9.31. The molecule has 1 saturated heterocycles. The minimum absolute atomic E-state index is 0.359. The number of para-hydroxylation sites is 1. The van der Waals surface area contributed by atoms with E-state index in [1.807, 2.05) is 24.3 Å². The van der Waals surface area contributed by atoms with Crippen LogP contribution in [0.5, 0.6) is 11.5 Å². The van der Waals surface area contributed by atoms with Crippen molar-refractivity contribution in [2.75, 3.05) is 26.7 Å². The molecule has 1 fully saturated rings. The highest BCUT2D eigenvalue weighted by molar-refractivity contribution is 6.35. The molecule has 1 aliphatic heterocycles. The van der Waals surface area contributed by atoms with E-state index in [9.17, 15) is 0 Å². The van der Waals surface area contributed by atoms with Crippen molar-refractivity contribution in [2.45, 2.75) is 26.0 Å². The summed E-state index contributed by atoms with van der Waals surface area (Å²) in [5, 5.41) is 8.19. The molecule has 1 heterocycles. The van der Waals surface area contributed by atoms with Crippen molar-refractivity contribution in [3.63, 3.8) is 0 Å². The second-order valence-electron chi connectivity index (χ2n) is 6.80. The highest BCUT2D eigenvalue weighted by atomic mass is 35.5. The standard InChI is InChI=1S/C21H26Cl2N2O2/c1-26-20-4-2-3-16(13-25-12-15-7-9-24-10-8-15)21(20)27-14-17-5-6-18(22)11-19(17)23/h2-6,11,15,24-25H,7-10,12-14H2,1H3. The Kier molecular flexibility index (Phi) is 7.65. The molecule has 0 aliphatic carbocycles. The molecule has 0 amide bonds. The molecule has 0 spiro atoms. The number of methoxy groups -OCH3 is 1. The Balaban J connectivity index is 1.65. The van der Waals surface area contributed by atoms with E-state index < -0.39 is 0 Å². The molecule has 0 radical (unpaired) electrons. The maximum Gasteiger partial charge on any atom is 0.166 e. The van der Waals surface area contributed by atoms with Crippen LogP contribution >= 0.6 is 23.2 Å². The fourth-order valence-electron chi connectivity index (χ4n) is 3.31. The zero-order valence-corrected chi connectivity index (χ0v) is 17.1. The van der Waals surface area contributed by atoms with Gasteiger partial charge in [-0.2, -0.15) is 0 Å². The highest BCUT2D eigenvalue weighted by Crippen LogP contribution is 2.33. The maximum atomic E-state index is 6.27. The van der Waals surface area contributed by atoms with Gasteiger partial charge in [0.1, 0.15) is 6.61 Å². The summed E-state index contributed by atoms with van der Waals surface area (Å²) in [5.74, 6) is 2.21. The van der Waals surface area contributed by atoms with Gasteiger partial charge >= 0.3 is 0 Å². The molecule has 1 aliphatic rings. The molecule has 2 N–H and O–H groups in total. The number of piperidine rings is 1. The Morgan fingerprint density at radius 2 is 1.93 bits per heavy atom. The summed E-state index contributed by atoms with van der Waals surface area (Å²) in [6.07, 6.45) is 2.45. The van der Waals surface area contributed by atoms with Crippen molar-refractivity contribution in [3.8, 4) is 11.5 Å². The average Bonchev–Trinajstić information content (AvgIpc) is 2.68. The topological polar surface area (TPSA) is 42.5 Å². The fraction of sp³-hybridized carbons (Fsp3) is 0.429. The first-order chi connectivity index (χ1) is 13.2. The van der Waals surface area contributed by atoms with E-state index in [4.69, 9.17) is 32.7 Å². The molecule has 146 valence electrons. The third kappa shape index (κ3) is 5.76. The maximum absolute atomic E-state index is 6.27.